The molecule has 0 bridgehead atoms. The Hall–Kier alpha value is -1.43. The second kappa shape index (κ2) is 9.01. The lowest BCUT2D eigenvalue weighted by Crippen LogP contribution is -2.12. The minimum Gasteiger partial charge on any atom is -0.481 e. The molecule has 1 aliphatic rings. The maximum Gasteiger partial charge on any atom is 0.304 e. The van der Waals surface area contributed by atoms with Gasteiger partial charge in [-0.3, -0.25) is 4.79 Å². The number of rotatable bonds is 9. The minimum atomic E-state index is -0.806. The predicted octanol–water partition coefficient (Wildman–Crippen LogP) is 3.44. The fourth-order valence-electron chi connectivity index (χ4n) is 3.43. The van der Waals surface area contributed by atoms with Gasteiger partial charge in [0, 0.05) is 5.92 Å². The van der Waals surface area contributed by atoms with Crippen molar-refractivity contribution < 1.29 is 14.4 Å². The average molecular weight is 323 g/mol. The van der Waals surface area contributed by atoms with Gasteiger partial charge in [-0.25, -0.2) is 0 Å². The van der Waals surface area contributed by atoms with E-state index in [4.69, 9.17) is 9.63 Å². The molecule has 0 radical (unpaired) electrons. The van der Waals surface area contributed by atoms with E-state index < -0.39 is 5.97 Å². The van der Waals surface area contributed by atoms with Gasteiger partial charge >= 0.3 is 5.97 Å². The summed E-state index contributed by atoms with van der Waals surface area (Å²) >= 11 is 0. The molecule has 1 atom stereocenters. The molecule has 0 aliphatic heterocycles. The van der Waals surface area contributed by atoms with E-state index in [1.807, 2.05) is 19.0 Å². The van der Waals surface area contributed by atoms with Gasteiger partial charge in [0.1, 0.15) is 0 Å². The molecular formula is C17H29N3O3. The number of carboxylic acid groups (broad SMARTS) is 1. The zero-order valence-electron chi connectivity index (χ0n) is 14.3. The maximum absolute atomic E-state index is 11.1. The summed E-state index contributed by atoms with van der Waals surface area (Å²) in [5.41, 5.74) is 0. The smallest absolute Gasteiger partial charge is 0.304 e. The third-order valence-electron chi connectivity index (χ3n) is 4.60. The molecule has 0 saturated heterocycles. The van der Waals surface area contributed by atoms with Crippen LogP contribution in [0.1, 0.15) is 75.4 Å². The third kappa shape index (κ3) is 6.29. The van der Waals surface area contributed by atoms with Gasteiger partial charge in [0.2, 0.25) is 5.89 Å². The number of carbonyl (C=O) groups is 1. The van der Waals surface area contributed by atoms with Crippen LogP contribution in [0.3, 0.4) is 0 Å². The van der Waals surface area contributed by atoms with E-state index >= 15 is 0 Å². The molecule has 0 spiro atoms. The number of nitrogens with zero attached hydrogens (tertiary/aromatic N) is 3. The Morgan fingerprint density at radius 2 is 2.09 bits per heavy atom. The summed E-state index contributed by atoms with van der Waals surface area (Å²) in [6, 6.07) is 0. The lowest BCUT2D eigenvalue weighted by atomic mass is 9.84. The molecule has 23 heavy (non-hydrogen) atoms. The van der Waals surface area contributed by atoms with Crippen molar-refractivity contribution in [3.8, 4) is 0 Å². The highest BCUT2D eigenvalue weighted by Gasteiger charge is 2.23. The summed E-state index contributed by atoms with van der Waals surface area (Å²) in [5.74, 6) is 0.946. The molecule has 0 aromatic carbocycles. The molecule has 0 amide bonds. The van der Waals surface area contributed by atoms with Crippen LogP contribution in [-0.4, -0.2) is 40.2 Å². The van der Waals surface area contributed by atoms with Crippen molar-refractivity contribution in [3.05, 3.63) is 11.7 Å². The van der Waals surface area contributed by atoms with Crippen molar-refractivity contribution in [2.45, 2.75) is 70.3 Å². The van der Waals surface area contributed by atoms with E-state index in [1.54, 1.807) is 0 Å². The summed E-state index contributed by atoms with van der Waals surface area (Å²) in [6.45, 7) is 0.603. The first-order chi connectivity index (χ1) is 11.0. The Morgan fingerprint density at radius 1 is 1.35 bits per heavy atom. The van der Waals surface area contributed by atoms with Crippen LogP contribution in [0, 0.1) is 5.92 Å². The Balaban J connectivity index is 1.87. The minimum absolute atomic E-state index is 0.0638. The SMILES string of the molecule is CN(C)Cc1noc(C(CCCC2CCCCC2)CC(=O)O)n1. The summed E-state index contributed by atoms with van der Waals surface area (Å²) < 4.78 is 5.32. The van der Waals surface area contributed by atoms with Crippen LogP contribution >= 0.6 is 0 Å². The molecule has 6 heteroatoms. The zero-order chi connectivity index (χ0) is 16.7. The predicted molar refractivity (Wildman–Crippen MR) is 87.1 cm³/mol. The summed E-state index contributed by atoms with van der Waals surface area (Å²) in [4.78, 5) is 17.5. The topological polar surface area (TPSA) is 79.5 Å². The van der Waals surface area contributed by atoms with Crippen LogP contribution < -0.4 is 0 Å². The van der Waals surface area contributed by atoms with E-state index in [9.17, 15) is 4.79 Å². The highest BCUT2D eigenvalue weighted by Crippen LogP contribution is 2.31. The molecule has 2 rings (SSSR count). The molecular weight excluding hydrogens is 294 g/mol. The molecule has 1 fully saturated rings. The van der Waals surface area contributed by atoms with Crippen molar-refractivity contribution >= 4 is 5.97 Å². The Morgan fingerprint density at radius 3 is 2.74 bits per heavy atom. The molecule has 1 saturated carbocycles. The highest BCUT2D eigenvalue weighted by atomic mass is 16.5. The molecule has 6 nitrogen and oxygen atoms in total. The molecule has 1 heterocycles. The van der Waals surface area contributed by atoms with Crippen molar-refractivity contribution in [1.29, 1.82) is 0 Å². The normalized spacial score (nSPS) is 17.5. The fraction of sp³-hybridized carbons (Fsp3) is 0.824. The van der Waals surface area contributed by atoms with Gasteiger partial charge in [-0.05, 0) is 26.4 Å². The monoisotopic (exact) mass is 323 g/mol. The largest absolute Gasteiger partial charge is 0.481 e. The van der Waals surface area contributed by atoms with Gasteiger partial charge in [-0.2, -0.15) is 4.98 Å². The number of aliphatic carboxylic acids is 1. The van der Waals surface area contributed by atoms with Crippen LogP contribution in [0.4, 0.5) is 0 Å². The molecule has 1 N–H and O–H groups in total. The molecule has 1 unspecified atom stereocenters. The van der Waals surface area contributed by atoms with Crippen molar-refractivity contribution in [3.63, 3.8) is 0 Å². The zero-order valence-corrected chi connectivity index (χ0v) is 14.3. The Kier molecular flexibility index (Phi) is 7.02. The third-order valence-corrected chi connectivity index (χ3v) is 4.60. The van der Waals surface area contributed by atoms with Crippen LogP contribution in [0.25, 0.3) is 0 Å². The standard InChI is InChI=1S/C17H29N3O3/c1-20(2)12-15-18-17(23-19-15)14(11-16(21)22)10-6-9-13-7-4-3-5-8-13/h13-14H,3-12H2,1-2H3,(H,21,22). The van der Waals surface area contributed by atoms with Crippen molar-refractivity contribution in [2.75, 3.05) is 14.1 Å². The maximum atomic E-state index is 11.1. The number of hydrogen-bond donors (Lipinski definition) is 1. The van der Waals surface area contributed by atoms with Crippen molar-refractivity contribution in [2.24, 2.45) is 5.92 Å². The number of aromatic nitrogens is 2. The molecule has 130 valence electrons. The van der Waals surface area contributed by atoms with E-state index in [-0.39, 0.29) is 12.3 Å². The van der Waals surface area contributed by atoms with Crippen LogP contribution in [0.15, 0.2) is 4.52 Å². The van der Waals surface area contributed by atoms with E-state index in [1.165, 1.54) is 38.5 Å². The molecule has 1 aromatic rings. The van der Waals surface area contributed by atoms with Crippen LogP contribution in [-0.2, 0) is 11.3 Å². The van der Waals surface area contributed by atoms with Gasteiger partial charge in [0.25, 0.3) is 0 Å². The first-order valence-electron chi connectivity index (χ1n) is 8.73. The van der Waals surface area contributed by atoms with Gasteiger partial charge in [0.05, 0.1) is 13.0 Å². The molecule has 1 aliphatic carbocycles. The number of hydrogen-bond acceptors (Lipinski definition) is 5. The van der Waals surface area contributed by atoms with Gasteiger partial charge in [-0.15, -0.1) is 0 Å². The van der Waals surface area contributed by atoms with Crippen LogP contribution in [0.5, 0.6) is 0 Å². The summed E-state index contributed by atoms with van der Waals surface area (Å²) in [5, 5.41) is 13.1. The first-order valence-corrected chi connectivity index (χ1v) is 8.73. The van der Waals surface area contributed by atoms with E-state index in [2.05, 4.69) is 10.1 Å². The highest BCUT2D eigenvalue weighted by molar-refractivity contribution is 5.67. The van der Waals surface area contributed by atoms with Crippen LogP contribution in [0.2, 0.25) is 0 Å². The molecule has 1 aromatic heterocycles. The van der Waals surface area contributed by atoms with Gasteiger partial charge in [-0.1, -0.05) is 50.1 Å². The average Bonchev–Trinajstić information content (AvgIpc) is 2.94. The quantitative estimate of drug-likeness (QED) is 0.750. The van der Waals surface area contributed by atoms with Gasteiger partial charge in [0.15, 0.2) is 5.82 Å². The lowest BCUT2D eigenvalue weighted by Gasteiger charge is -2.21. The summed E-state index contributed by atoms with van der Waals surface area (Å²) in [6.07, 6.45) is 9.83. The van der Waals surface area contributed by atoms with Crippen molar-refractivity contribution in [1.82, 2.24) is 15.0 Å². The second-order valence-electron chi connectivity index (χ2n) is 7.02. The van der Waals surface area contributed by atoms with E-state index in [0.29, 0.717) is 18.3 Å². The number of carboxylic acids is 1. The van der Waals surface area contributed by atoms with Gasteiger partial charge < -0.3 is 14.5 Å². The fourth-order valence-corrected chi connectivity index (χ4v) is 3.43. The second-order valence-corrected chi connectivity index (χ2v) is 7.02. The Bertz CT molecular complexity index is 481. The first kappa shape index (κ1) is 17.9. The van der Waals surface area contributed by atoms with E-state index in [0.717, 1.165) is 18.8 Å². The summed E-state index contributed by atoms with van der Waals surface area (Å²) in [7, 11) is 3.88. The lowest BCUT2D eigenvalue weighted by molar-refractivity contribution is -0.137. The Labute approximate surface area is 138 Å².